The SMILES string of the molecule is COc1cc(C(N)CO)ccc1[N+](=O)[O-]. The zero-order valence-corrected chi connectivity index (χ0v) is 8.21. The summed E-state index contributed by atoms with van der Waals surface area (Å²) in [6, 6.07) is 3.71. The highest BCUT2D eigenvalue weighted by Gasteiger charge is 2.16. The Bertz CT molecular complexity index is 367. The fourth-order valence-electron chi connectivity index (χ4n) is 1.18. The molecule has 0 radical (unpaired) electrons. The molecule has 1 atom stereocenters. The summed E-state index contributed by atoms with van der Waals surface area (Å²) in [5, 5.41) is 19.4. The number of hydrogen-bond donors (Lipinski definition) is 2. The lowest BCUT2D eigenvalue weighted by atomic mass is 10.1. The predicted molar refractivity (Wildman–Crippen MR) is 53.7 cm³/mol. The van der Waals surface area contributed by atoms with E-state index >= 15 is 0 Å². The molecule has 0 saturated carbocycles. The van der Waals surface area contributed by atoms with Crippen molar-refractivity contribution in [3.63, 3.8) is 0 Å². The zero-order valence-electron chi connectivity index (χ0n) is 8.21. The van der Waals surface area contributed by atoms with Crippen LogP contribution in [0.3, 0.4) is 0 Å². The van der Waals surface area contributed by atoms with Crippen molar-refractivity contribution in [1.29, 1.82) is 0 Å². The summed E-state index contributed by atoms with van der Waals surface area (Å²) in [5.74, 6) is 0.140. The van der Waals surface area contributed by atoms with Crippen molar-refractivity contribution < 1.29 is 14.8 Å². The molecule has 1 rings (SSSR count). The van der Waals surface area contributed by atoms with E-state index in [2.05, 4.69) is 0 Å². The van der Waals surface area contributed by atoms with Gasteiger partial charge in [-0.05, 0) is 11.6 Å². The molecule has 6 heteroatoms. The Balaban J connectivity index is 3.13. The fraction of sp³-hybridized carbons (Fsp3) is 0.333. The van der Waals surface area contributed by atoms with Gasteiger partial charge in [-0.15, -0.1) is 0 Å². The first-order chi connectivity index (χ1) is 7.10. The molecule has 1 unspecified atom stereocenters. The Kier molecular flexibility index (Phi) is 3.59. The van der Waals surface area contributed by atoms with E-state index in [0.29, 0.717) is 5.56 Å². The molecule has 0 spiro atoms. The maximum Gasteiger partial charge on any atom is 0.310 e. The number of benzene rings is 1. The first kappa shape index (κ1) is 11.4. The Morgan fingerprint density at radius 3 is 2.80 bits per heavy atom. The lowest BCUT2D eigenvalue weighted by Crippen LogP contribution is -2.14. The minimum absolute atomic E-state index is 0.119. The molecule has 15 heavy (non-hydrogen) atoms. The molecule has 0 bridgehead atoms. The van der Waals surface area contributed by atoms with Gasteiger partial charge >= 0.3 is 5.69 Å². The van der Waals surface area contributed by atoms with Gasteiger partial charge in [0.15, 0.2) is 5.75 Å². The van der Waals surface area contributed by atoms with E-state index in [1.807, 2.05) is 0 Å². The van der Waals surface area contributed by atoms with E-state index in [1.54, 1.807) is 0 Å². The maximum absolute atomic E-state index is 10.6. The summed E-state index contributed by atoms with van der Waals surface area (Å²) in [6.07, 6.45) is 0. The van der Waals surface area contributed by atoms with Gasteiger partial charge in [-0.3, -0.25) is 10.1 Å². The van der Waals surface area contributed by atoms with Gasteiger partial charge in [0.05, 0.1) is 24.7 Å². The number of ether oxygens (including phenoxy) is 1. The van der Waals surface area contributed by atoms with Gasteiger partial charge in [0.2, 0.25) is 0 Å². The molecular weight excluding hydrogens is 200 g/mol. The average molecular weight is 212 g/mol. The van der Waals surface area contributed by atoms with Crippen molar-refractivity contribution in [1.82, 2.24) is 0 Å². The molecule has 0 heterocycles. The minimum atomic E-state index is -0.556. The van der Waals surface area contributed by atoms with E-state index in [0.717, 1.165) is 0 Å². The number of nitro groups is 1. The van der Waals surface area contributed by atoms with Gasteiger partial charge in [-0.1, -0.05) is 6.07 Å². The topological polar surface area (TPSA) is 98.6 Å². The molecule has 0 aliphatic carbocycles. The number of nitrogens with two attached hydrogens (primary N) is 1. The predicted octanol–water partition coefficient (Wildman–Crippen LogP) is 0.595. The number of rotatable bonds is 4. The van der Waals surface area contributed by atoms with E-state index in [-0.39, 0.29) is 18.0 Å². The summed E-state index contributed by atoms with van der Waals surface area (Å²) in [4.78, 5) is 10.0. The molecule has 0 aliphatic heterocycles. The maximum atomic E-state index is 10.6. The average Bonchev–Trinajstić information content (AvgIpc) is 2.26. The largest absolute Gasteiger partial charge is 0.490 e. The number of hydrogen-bond acceptors (Lipinski definition) is 5. The minimum Gasteiger partial charge on any atom is -0.490 e. The molecule has 6 nitrogen and oxygen atoms in total. The first-order valence-corrected chi connectivity index (χ1v) is 4.29. The van der Waals surface area contributed by atoms with Gasteiger partial charge in [0.1, 0.15) is 0 Å². The van der Waals surface area contributed by atoms with Crippen molar-refractivity contribution in [3.05, 3.63) is 33.9 Å². The number of aliphatic hydroxyl groups excluding tert-OH is 1. The Morgan fingerprint density at radius 1 is 1.67 bits per heavy atom. The monoisotopic (exact) mass is 212 g/mol. The van der Waals surface area contributed by atoms with E-state index in [9.17, 15) is 10.1 Å². The van der Waals surface area contributed by atoms with Crippen LogP contribution >= 0.6 is 0 Å². The molecule has 1 aromatic carbocycles. The third kappa shape index (κ3) is 2.42. The summed E-state index contributed by atoms with van der Waals surface area (Å²) < 4.78 is 4.86. The summed E-state index contributed by atoms with van der Waals surface area (Å²) in [6.45, 7) is -0.221. The lowest BCUT2D eigenvalue weighted by Gasteiger charge is -2.09. The highest BCUT2D eigenvalue weighted by Crippen LogP contribution is 2.29. The number of aliphatic hydroxyl groups is 1. The molecule has 0 fully saturated rings. The van der Waals surface area contributed by atoms with Crippen LogP contribution in [0.2, 0.25) is 0 Å². The Labute approximate surface area is 86.4 Å². The summed E-state index contributed by atoms with van der Waals surface area (Å²) in [7, 11) is 1.34. The van der Waals surface area contributed by atoms with E-state index in [1.165, 1.54) is 25.3 Å². The van der Waals surface area contributed by atoms with Crippen molar-refractivity contribution in [2.45, 2.75) is 6.04 Å². The van der Waals surface area contributed by atoms with Crippen molar-refractivity contribution >= 4 is 5.69 Å². The van der Waals surface area contributed by atoms with Crippen LogP contribution in [-0.2, 0) is 0 Å². The highest BCUT2D eigenvalue weighted by molar-refractivity contribution is 5.49. The number of methoxy groups -OCH3 is 1. The van der Waals surface area contributed by atoms with Crippen LogP contribution in [0.25, 0.3) is 0 Å². The second-order valence-corrected chi connectivity index (χ2v) is 2.98. The molecular formula is C9H12N2O4. The van der Waals surface area contributed by atoms with Gasteiger partial charge in [-0.2, -0.15) is 0 Å². The number of nitro benzene ring substituents is 1. The standard InChI is InChI=1S/C9H12N2O4/c1-15-9-4-6(7(10)5-12)2-3-8(9)11(13)14/h2-4,7,12H,5,10H2,1H3. The van der Waals surface area contributed by atoms with Crippen LogP contribution in [0.5, 0.6) is 5.75 Å². The highest BCUT2D eigenvalue weighted by atomic mass is 16.6. The van der Waals surface area contributed by atoms with Crippen molar-refractivity contribution in [2.75, 3.05) is 13.7 Å². The van der Waals surface area contributed by atoms with Crippen LogP contribution in [0, 0.1) is 10.1 Å². The van der Waals surface area contributed by atoms with Crippen LogP contribution in [0.1, 0.15) is 11.6 Å². The molecule has 0 saturated heterocycles. The first-order valence-electron chi connectivity index (χ1n) is 4.29. The Hall–Kier alpha value is -1.66. The molecule has 0 aliphatic rings. The van der Waals surface area contributed by atoms with E-state index in [4.69, 9.17) is 15.6 Å². The second kappa shape index (κ2) is 4.72. The molecule has 0 aromatic heterocycles. The van der Waals surface area contributed by atoms with Gasteiger partial charge in [-0.25, -0.2) is 0 Å². The molecule has 0 amide bonds. The molecule has 1 aromatic rings. The van der Waals surface area contributed by atoms with Gasteiger partial charge in [0.25, 0.3) is 0 Å². The quantitative estimate of drug-likeness (QED) is 0.562. The number of nitrogens with zero attached hydrogens (tertiary/aromatic N) is 1. The van der Waals surface area contributed by atoms with Crippen molar-refractivity contribution in [3.8, 4) is 5.75 Å². The zero-order chi connectivity index (χ0) is 11.4. The molecule has 82 valence electrons. The van der Waals surface area contributed by atoms with Crippen molar-refractivity contribution in [2.24, 2.45) is 5.73 Å². The lowest BCUT2D eigenvalue weighted by molar-refractivity contribution is -0.385. The summed E-state index contributed by atoms with van der Waals surface area (Å²) in [5.41, 5.74) is 6.05. The smallest absolute Gasteiger partial charge is 0.310 e. The van der Waals surface area contributed by atoms with Crippen LogP contribution in [-0.4, -0.2) is 23.7 Å². The van der Waals surface area contributed by atoms with Gasteiger partial charge < -0.3 is 15.6 Å². The van der Waals surface area contributed by atoms with E-state index < -0.39 is 11.0 Å². The van der Waals surface area contributed by atoms with Gasteiger partial charge in [0, 0.05) is 6.07 Å². The van der Waals surface area contributed by atoms with Crippen LogP contribution in [0.15, 0.2) is 18.2 Å². The summed E-state index contributed by atoms with van der Waals surface area (Å²) >= 11 is 0. The van der Waals surface area contributed by atoms with Crippen LogP contribution in [0.4, 0.5) is 5.69 Å². The Morgan fingerprint density at radius 2 is 2.33 bits per heavy atom. The second-order valence-electron chi connectivity index (χ2n) is 2.98. The molecule has 3 N–H and O–H groups in total. The third-order valence-corrected chi connectivity index (χ3v) is 2.03. The van der Waals surface area contributed by atoms with Crippen LogP contribution < -0.4 is 10.5 Å². The third-order valence-electron chi connectivity index (χ3n) is 2.03. The normalized spacial score (nSPS) is 12.2. The fourth-order valence-corrected chi connectivity index (χ4v) is 1.18.